The summed E-state index contributed by atoms with van der Waals surface area (Å²) < 4.78 is 39.2. The molecule has 0 bridgehead atoms. The lowest BCUT2D eigenvalue weighted by Gasteiger charge is -2.40. The number of nitrogens with zero attached hydrogens (tertiary/aromatic N) is 2. The van der Waals surface area contributed by atoms with Crippen molar-refractivity contribution in [1.82, 2.24) is 9.88 Å². The number of fused-ring (bicyclic) bond motifs is 4. The number of rotatable bonds is 3. The molecule has 0 saturated carbocycles. The summed E-state index contributed by atoms with van der Waals surface area (Å²) in [6.45, 7) is 6.06. The van der Waals surface area contributed by atoms with Crippen LogP contribution in [0.15, 0.2) is 35.4 Å². The van der Waals surface area contributed by atoms with Gasteiger partial charge in [-0.2, -0.15) is 0 Å². The summed E-state index contributed by atoms with van der Waals surface area (Å²) in [6.07, 6.45) is 1.26. The molecule has 0 aliphatic carbocycles. The molecule has 1 aromatic carbocycles. The molecule has 3 aliphatic rings. The van der Waals surface area contributed by atoms with Gasteiger partial charge in [-0.1, -0.05) is 6.92 Å². The minimum atomic E-state index is -1.04. The van der Waals surface area contributed by atoms with Gasteiger partial charge in [-0.3, -0.25) is 4.79 Å². The van der Waals surface area contributed by atoms with Crippen LogP contribution < -0.4 is 0 Å². The number of carbonyl (C=O) groups is 1. The summed E-state index contributed by atoms with van der Waals surface area (Å²) in [5.41, 5.74) is 2.76. The van der Waals surface area contributed by atoms with E-state index in [0.29, 0.717) is 40.8 Å². The molecule has 1 aromatic heterocycles. The number of pyridine rings is 1. The Morgan fingerprint density at radius 2 is 2.06 bits per heavy atom. The maximum atomic E-state index is 13.8. The van der Waals surface area contributed by atoms with Gasteiger partial charge >= 0.3 is 5.97 Å². The van der Waals surface area contributed by atoms with Gasteiger partial charge in [-0.05, 0) is 49.6 Å². The van der Waals surface area contributed by atoms with Crippen LogP contribution in [0.3, 0.4) is 0 Å². The summed E-state index contributed by atoms with van der Waals surface area (Å²) in [4.78, 5) is 18.8. The van der Waals surface area contributed by atoms with E-state index in [-0.39, 0.29) is 25.1 Å². The number of ether oxygens (including phenoxy) is 2. The normalized spacial score (nSPS) is 24.8. The van der Waals surface area contributed by atoms with Crippen LogP contribution in [0.5, 0.6) is 0 Å². The zero-order valence-electron chi connectivity index (χ0n) is 18.1. The summed E-state index contributed by atoms with van der Waals surface area (Å²) in [5, 5.41) is 11.8. The number of carbonyl (C=O) groups excluding carboxylic acids is 1. The Morgan fingerprint density at radius 3 is 2.78 bits per heavy atom. The minimum Gasteiger partial charge on any atom is -0.461 e. The summed E-state index contributed by atoms with van der Waals surface area (Å²) in [7, 11) is 0. The van der Waals surface area contributed by atoms with E-state index < -0.39 is 23.5 Å². The molecule has 2 atom stereocenters. The van der Waals surface area contributed by atoms with Crippen LogP contribution in [0.2, 0.25) is 0 Å². The monoisotopic (exact) mass is 442 g/mol. The highest BCUT2D eigenvalue weighted by Crippen LogP contribution is 2.46. The molecule has 5 rings (SSSR count). The van der Waals surface area contributed by atoms with Crippen molar-refractivity contribution in [3.8, 4) is 0 Å². The number of aromatic nitrogens is 1. The number of hydrogen-bond donors (Lipinski definition) is 1. The van der Waals surface area contributed by atoms with Gasteiger partial charge in [0.15, 0.2) is 17.9 Å². The predicted octanol–water partition coefficient (Wildman–Crippen LogP) is 3.82. The van der Waals surface area contributed by atoms with Crippen molar-refractivity contribution in [1.29, 1.82) is 0 Å². The quantitative estimate of drug-likeness (QED) is 0.729. The molecule has 168 valence electrons. The molecule has 32 heavy (non-hydrogen) atoms. The van der Waals surface area contributed by atoms with Crippen molar-refractivity contribution in [2.45, 2.75) is 58.1 Å². The van der Waals surface area contributed by atoms with Gasteiger partial charge in [-0.25, -0.2) is 13.8 Å². The topological polar surface area (TPSA) is 71.9 Å². The van der Waals surface area contributed by atoms with E-state index in [0.717, 1.165) is 23.3 Å². The molecule has 6 nitrogen and oxygen atoms in total. The second-order valence-electron chi connectivity index (χ2n) is 8.78. The van der Waals surface area contributed by atoms with Crippen molar-refractivity contribution in [2.24, 2.45) is 0 Å². The number of esters is 1. The van der Waals surface area contributed by atoms with Crippen LogP contribution in [0.1, 0.15) is 44.9 Å². The Kier molecular flexibility index (Phi) is 4.83. The van der Waals surface area contributed by atoms with E-state index in [4.69, 9.17) is 9.47 Å². The zero-order chi connectivity index (χ0) is 22.8. The fraction of sp³-hybridized carbons (Fsp3) is 0.417. The van der Waals surface area contributed by atoms with Crippen molar-refractivity contribution < 1.29 is 28.2 Å². The number of cyclic esters (lactones) is 1. The number of aliphatic hydroxyl groups is 1. The number of aliphatic hydroxyl groups excluding tert-OH is 1. The molecular weight excluding hydrogens is 418 g/mol. The smallest absolute Gasteiger partial charge is 0.309 e. The molecule has 3 aliphatic heterocycles. The van der Waals surface area contributed by atoms with Crippen LogP contribution in [-0.4, -0.2) is 45.5 Å². The Bertz CT molecular complexity index is 1210. The van der Waals surface area contributed by atoms with E-state index in [2.05, 4.69) is 4.98 Å². The second-order valence-corrected chi connectivity index (χ2v) is 8.78. The fourth-order valence-corrected chi connectivity index (χ4v) is 4.95. The molecule has 0 amide bonds. The molecule has 2 unspecified atom stereocenters. The Morgan fingerprint density at radius 1 is 1.31 bits per heavy atom. The molecule has 0 saturated heterocycles. The highest BCUT2D eigenvalue weighted by molar-refractivity contribution is 5.85. The highest BCUT2D eigenvalue weighted by Gasteiger charge is 2.46. The van der Waals surface area contributed by atoms with Crippen LogP contribution in [0, 0.1) is 11.6 Å². The standard InChI is InChI=1S/C24H24F2N2O4/c1-4-24(32-12(2)3)9-21(29)31-11-15-16(24)7-20-22-14(10-28(20)23(15)30)5-13-6-17(25)18(26)8-19(13)27-22/h5-8,12,23,30H,4,9-11H2,1-3H3. The van der Waals surface area contributed by atoms with Gasteiger partial charge in [-0.15, -0.1) is 0 Å². The van der Waals surface area contributed by atoms with Gasteiger partial charge < -0.3 is 19.5 Å². The van der Waals surface area contributed by atoms with Gasteiger partial charge in [0.25, 0.3) is 0 Å². The van der Waals surface area contributed by atoms with Gasteiger partial charge in [0.05, 0.1) is 29.4 Å². The SMILES string of the molecule is CCC1(OC(C)C)CC(=O)OCC2=C1C=C1c3nc4cc(F)c(F)cc4cc3CN1C2O. The van der Waals surface area contributed by atoms with E-state index in [1.54, 1.807) is 11.0 Å². The lowest BCUT2D eigenvalue weighted by Crippen LogP contribution is -2.43. The first kappa shape index (κ1) is 21.0. The molecule has 0 radical (unpaired) electrons. The van der Waals surface area contributed by atoms with E-state index in [1.807, 2.05) is 26.8 Å². The Hall–Kier alpha value is -2.84. The maximum Gasteiger partial charge on any atom is 0.309 e. The predicted molar refractivity (Wildman–Crippen MR) is 113 cm³/mol. The van der Waals surface area contributed by atoms with E-state index in [1.165, 1.54) is 0 Å². The lowest BCUT2D eigenvalue weighted by atomic mass is 9.82. The zero-order valence-corrected chi connectivity index (χ0v) is 18.1. The Balaban J connectivity index is 1.69. The molecular formula is C24H24F2N2O4. The average molecular weight is 442 g/mol. The lowest BCUT2D eigenvalue weighted by molar-refractivity contribution is -0.149. The van der Waals surface area contributed by atoms with Crippen molar-refractivity contribution in [3.05, 3.63) is 58.3 Å². The molecule has 2 aromatic rings. The summed E-state index contributed by atoms with van der Waals surface area (Å²) in [5.74, 6) is -2.27. The molecule has 8 heteroatoms. The highest BCUT2D eigenvalue weighted by atomic mass is 19.2. The van der Waals surface area contributed by atoms with Crippen LogP contribution in [-0.2, 0) is 20.8 Å². The van der Waals surface area contributed by atoms with Gasteiger partial charge in [0.2, 0.25) is 0 Å². The maximum absolute atomic E-state index is 13.8. The largest absolute Gasteiger partial charge is 0.461 e. The second kappa shape index (κ2) is 7.35. The summed E-state index contributed by atoms with van der Waals surface area (Å²) in [6, 6.07) is 3.98. The van der Waals surface area contributed by atoms with Crippen molar-refractivity contribution in [3.63, 3.8) is 0 Å². The minimum absolute atomic E-state index is 0.0268. The van der Waals surface area contributed by atoms with E-state index >= 15 is 0 Å². The third kappa shape index (κ3) is 3.12. The number of hydrogen-bond acceptors (Lipinski definition) is 6. The first-order valence-electron chi connectivity index (χ1n) is 10.7. The fourth-order valence-electron chi connectivity index (χ4n) is 4.95. The molecule has 0 fully saturated rings. The third-order valence-corrected chi connectivity index (χ3v) is 6.40. The van der Waals surface area contributed by atoms with E-state index in [9.17, 15) is 18.7 Å². The molecule has 4 heterocycles. The summed E-state index contributed by atoms with van der Waals surface area (Å²) >= 11 is 0. The number of benzene rings is 1. The first-order valence-corrected chi connectivity index (χ1v) is 10.7. The van der Waals surface area contributed by atoms with Crippen LogP contribution in [0.25, 0.3) is 16.6 Å². The number of halogens is 2. The Labute approximate surface area is 184 Å². The molecule has 1 N–H and O–H groups in total. The third-order valence-electron chi connectivity index (χ3n) is 6.40. The molecule has 0 spiro atoms. The van der Waals surface area contributed by atoms with Crippen molar-refractivity contribution in [2.75, 3.05) is 6.61 Å². The first-order chi connectivity index (χ1) is 15.2. The van der Waals surface area contributed by atoms with Gasteiger partial charge in [0, 0.05) is 23.6 Å². The van der Waals surface area contributed by atoms with Crippen LogP contribution in [0.4, 0.5) is 8.78 Å². The average Bonchev–Trinajstić information content (AvgIpc) is 3.02. The van der Waals surface area contributed by atoms with Crippen LogP contribution >= 0.6 is 0 Å². The van der Waals surface area contributed by atoms with Crippen molar-refractivity contribution >= 4 is 22.6 Å². The van der Waals surface area contributed by atoms with Gasteiger partial charge in [0.1, 0.15) is 12.2 Å².